The summed E-state index contributed by atoms with van der Waals surface area (Å²) in [4.78, 5) is 12.9. The Hall–Kier alpha value is -3.03. The molecule has 0 aliphatic carbocycles. The molecule has 162 valence electrons. The minimum atomic E-state index is -4.01. The molecule has 0 unspecified atom stereocenters. The topological polar surface area (TPSA) is 75.7 Å². The van der Waals surface area contributed by atoms with Gasteiger partial charge in [-0.25, -0.2) is 8.42 Å². The standard InChI is InChI=1S/C23H23ClN2O4S/c1-3-30-20-9-7-8-19(15-20)25-23(27)16-26(22-14-18(24)13-12-17(22)2)31(28,29)21-10-5-4-6-11-21/h4-15H,3,16H2,1-2H3,(H,25,27). The average molecular weight is 459 g/mol. The normalized spacial score (nSPS) is 11.1. The summed E-state index contributed by atoms with van der Waals surface area (Å²) in [6, 6.07) is 19.8. The van der Waals surface area contributed by atoms with E-state index < -0.39 is 22.5 Å². The lowest BCUT2D eigenvalue weighted by Crippen LogP contribution is -2.38. The Morgan fingerprint density at radius 3 is 2.48 bits per heavy atom. The van der Waals surface area contributed by atoms with Crippen molar-refractivity contribution in [2.24, 2.45) is 0 Å². The first-order chi connectivity index (χ1) is 14.8. The summed E-state index contributed by atoms with van der Waals surface area (Å²) in [6.45, 7) is 3.71. The van der Waals surface area contributed by atoms with Gasteiger partial charge in [0.15, 0.2) is 0 Å². The highest BCUT2D eigenvalue weighted by molar-refractivity contribution is 7.92. The number of aryl methyl sites for hydroxylation is 1. The Bertz CT molecular complexity index is 1170. The molecule has 0 aliphatic heterocycles. The van der Waals surface area contributed by atoms with Crippen LogP contribution < -0.4 is 14.4 Å². The van der Waals surface area contributed by atoms with Gasteiger partial charge in [-0.1, -0.05) is 41.9 Å². The number of amides is 1. The summed E-state index contributed by atoms with van der Waals surface area (Å²) in [6.07, 6.45) is 0. The van der Waals surface area contributed by atoms with Crippen molar-refractivity contribution in [2.75, 3.05) is 22.8 Å². The van der Waals surface area contributed by atoms with E-state index in [1.54, 1.807) is 67.6 Å². The van der Waals surface area contributed by atoms with Gasteiger partial charge in [-0.05, 0) is 55.8 Å². The Kier molecular flexibility index (Phi) is 7.20. The molecule has 31 heavy (non-hydrogen) atoms. The molecule has 8 heteroatoms. The van der Waals surface area contributed by atoms with Crippen LogP contribution in [-0.4, -0.2) is 27.5 Å². The molecule has 0 saturated heterocycles. The van der Waals surface area contributed by atoms with E-state index in [0.717, 1.165) is 4.31 Å². The molecule has 1 N–H and O–H groups in total. The predicted octanol–water partition coefficient (Wildman–Crippen LogP) is 4.88. The van der Waals surface area contributed by atoms with Crippen LogP contribution in [0.4, 0.5) is 11.4 Å². The minimum absolute atomic E-state index is 0.0838. The van der Waals surface area contributed by atoms with Gasteiger partial charge in [0.2, 0.25) is 5.91 Å². The Labute approximate surface area is 187 Å². The molecule has 0 radical (unpaired) electrons. The maximum absolute atomic E-state index is 13.4. The largest absolute Gasteiger partial charge is 0.494 e. The Morgan fingerprint density at radius 1 is 1.03 bits per heavy atom. The molecule has 0 aromatic heterocycles. The van der Waals surface area contributed by atoms with Crippen LogP contribution in [0.1, 0.15) is 12.5 Å². The highest BCUT2D eigenvalue weighted by atomic mass is 35.5. The number of anilines is 2. The number of benzene rings is 3. The molecule has 0 fully saturated rings. The van der Waals surface area contributed by atoms with E-state index >= 15 is 0 Å². The molecule has 0 heterocycles. The van der Waals surface area contributed by atoms with Crippen LogP contribution in [0.25, 0.3) is 0 Å². The average Bonchev–Trinajstić information content (AvgIpc) is 2.75. The van der Waals surface area contributed by atoms with E-state index in [1.807, 2.05) is 6.92 Å². The third kappa shape index (κ3) is 5.57. The third-order valence-electron chi connectivity index (χ3n) is 4.49. The van der Waals surface area contributed by atoms with Crippen LogP contribution in [0.15, 0.2) is 77.7 Å². The molecule has 3 aromatic carbocycles. The smallest absolute Gasteiger partial charge is 0.264 e. The van der Waals surface area contributed by atoms with E-state index in [4.69, 9.17) is 16.3 Å². The zero-order valence-electron chi connectivity index (χ0n) is 17.2. The van der Waals surface area contributed by atoms with Gasteiger partial charge >= 0.3 is 0 Å². The first kappa shape index (κ1) is 22.7. The summed E-state index contributed by atoms with van der Waals surface area (Å²) in [7, 11) is -4.01. The monoisotopic (exact) mass is 458 g/mol. The lowest BCUT2D eigenvalue weighted by molar-refractivity contribution is -0.114. The summed E-state index contributed by atoms with van der Waals surface area (Å²) in [5.74, 6) is 0.118. The molecule has 3 aromatic rings. The first-order valence-corrected chi connectivity index (χ1v) is 11.5. The number of halogens is 1. The maximum Gasteiger partial charge on any atom is 0.264 e. The van der Waals surface area contributed by atoms with Crippen LogP contribution in [0.2, 0.25) is 5.02 Å². The van der Waals surface area contributed by atoms with Crippen LogP contribution in [0.5, 0.6) is 5.75 Å². The van der Waals surface area contributed by atoms with Crippen molar-refractivity contribution < 1.29 is 17.9 Å². The maximum atomic E-state index is 13.4. The summed E-state index contributed by atoms with van der Waals surface area (Å²) in [5.41, 5.74) is 1.53. The van der Waals surface area contributed by atoms with Crippen molar-refractivity contribution in [1.29, 1.82) is 0 Å². The van der Waals surface area contributed by atoms with Crippen LogP contribution in [-0.2, 0) is 14.8 Å². The van der Waals surface area contributed by atoms with Gasteiger partial charge in [0.25, 0.3) is 10.0 Å². The van der Waals surface area contributed by atoms with Gasteiger partial charge in [-0.15, -0.1) is 0 Å². The fourth-order valence-corrected chi connectivity index (χ4v) is 4.70. The first-order valence-electron chi connectivity index (χ1n) is 9.68. The number of hydrogen-bond donors (Lipinski definition) is 1. The number of nitrogens with one attached hydrogen (secondary N) is 1. The quantitative estimate of drug-likeness (QED) is 0.522. The Balaban J connectivity index is 1.94. The summed E-state index contributed by atoms with van der Waals surface area (Å²) in [5, 5.41) is 3.11. The van der Waals surface area contributed by atoms with Gasteiger partial charge in [0, 0.05) is 16.8 Å². The molecule has 0 saturated carbocycles. The lowest BCUT2D eigenvalue weighted by Gasteiger charge is -2.26. The van der Waals surface area contributed by atoms with E-state index in [-0.39, 0.29) is 4.90 Å². The number of rotatable bonds is 8. The molecule has 1 amide bonds. The molecule has 0 aliphatic rings. The van der Waals surface area contributed by atoms with Gasteiger partial charge in [0.1, 0.15) is 12.3 Å². The fourth-order valence-electron chi connectivity index (χ4n) is 3.03. The van der Waals surface area contributed by atoms with E-state index in [2.05, 4.69) is 5.32 Å². The number of hydrogen-bond acceptors (Lipinski definition) is 4. The second-order valence-corrected chi connectivity index (χ2v) is 9.06. The van der Waals surface area contributed by atoms with Crippen LogP contribution >= 0.6 is 11.6 Å². The van der Waals surface area contributed by atoms with Crippen molar-refractivity contribution in [3.8, 4) is 5.75 Å². The summed E-state index contributed by atoms with van der Waals surface area (Å²) < 4.78 is 33.3. The molecular weight excluding hydrogens is 436 g/mol. The van der Waals surface area contributed by atoms with Crippen molar-refractivity contribution in [1.82, 2.24) is 0 Å². The molecule has 0 bridgehead atoms. The van der Waals surface area contributed by atoms with Gasteiger partial charge in [-0.3, -0.25) is 9.10 Å². The minimum Gasteiger partial charge on any atom is -0.494 e. The second-order valence-electron chi connectivity index (χ2n) is 6.76. The Morgan fingerprint density at radius 2 is 1.77 bits per heavy atom. The molecule has 6 nitrogen and oxygen atoms in total. The van der Waals surface area contributed by atoms with E-state index in [1.165, 1.54) is 12.1 Å². The van der Waals surface area contributed by atoms with Crippen molar-refractivity contribution in [2.45, 2.75) is 18.7 Å². The number of carbonyl (C=O) groups excluding carboxylic acids is 1. The highest BCUT2D eigenvalue weighted by Crippen LogP contribution is 2.29. The third-order valence-corrected chi connectivity index (χ3v) is 6.50. The highest BCUT2D eigenvalue weighted by Gasteiger charge is 2.28. The van der Waals surface area contributed by atoms with Crippen LogP contribution in [0.3, 0.4) is 0 Å². The number of nitrogens with zero attached hydrogens (tertiary/aromatic N) is 1. The zero-order chi connectivity index (χ0) is 22.4. The number of carbonyl (C=O) groups is 1. The number of sulfonamides is 1. The van der Waals surface area contributed by atoms with Crippen molar-refractivity contribution in [3.63, 3.8) is 0 Å². The second kappa shape index (κ2) is 9.85. The van der Waals surface area contributed by atoms with Gasteiger partial charge < -0.3 is 10.1 Å². The zero-order valence-corrected chi connectivity index (χ0v) is 18.8. The molecule has 3 rings (SSSR count). The van der Waals surface area contributed by atoms with E-state index in [9.17, 15) is 13.2 Å². The molecule has 0 spiro atoms. The van der Waals surface area contributed by atoms with E-state index in [0.29, 0.717) is 34.3 Å². The molecular formula is C23H23ClN2O4S. The van der Waals surface area contributed by atoms with Crippen LogP contribution in [0, 0.1) is 6.92 Å². The summed E-state index contributed by atoms with van der Waals surface area (Å²) >= 11 is 6.13. The van der Waals surface area contributed by atoms with Gasteiger partial charge in [-0.2, -0.15) is 0 Å². The van der Waals surface area contributed by atoms with Crippen molar-refractivity contribution in [3.05, 3.63) is 83.4 Å². The van der Waals surface area contributed by atoms with Gasteiger partial charge in [0.05, 0.1) is 17.2 Å². The fraction of sp³-hybridized carbons (Fsp3) is 0.174. The predicted molar refractivity (Wildman–Crippen MR) is 123 cm³/mol. The lowest BCUT2D eigenvalue weighted by atomic mass is 10.2. The molecule has 0 atom stereocenters. The van der Waals surface area contributed by atoms with Crippen molar-refractivity contribution >= 4 is 38.9 Å². The number of ether oxygens (including phenoxy) is 1. The SMILES string of the molecule is CCOc1cccc(NC(=O)CN(c2cc(Cl)ccc2C)S(=O)(=O)c2ccccc2)c1.